The van der Waals surface area contributed by atoms with Crippen LogP contribution in [0.15, 0.2) is 24.3 Å². The molecule has 0 aromatic heterocycles. The van der Waals surface area contributed by atoms with Crippen molar-refractivity contribution in [1.29, 1.82) is 0 Å². The van der Waals surface area contributed by atoms with E-state index in [9.17, 15) is 4.39 Å². The Bertz CT molecular complexity index is 186. The molecule has 0 saturated heterocycles. The molecule has 1 aromatic carbocycles. The summed E-state index contributed by atoms with van der Waals surface area (Å²) in [6.45, 7) is 2.05. The topological polar surface area (TPSA) is 0 Å². The molecule has 0 aliphatic heterocycles. The van der Waals surface area contributed by atoms with E-state index in [4.69, 9.17) is 0 Å². The van der Waals surface area contributed by atoms with Crippen LogP contribution >= 0.6 is 0 Å². The molecule has 0 unspecified atom stereocenters. The van der Waals surface area contributed by atoms with E-state index >= 15 is 0 Å². The van der Waals surface area contributed by atoms with Crippen LogP contribution < -0.4 is 29.6 Å². The van der Waals surface area contributed by atoms with Gasteiger partial charge in [-0.25, -0.2) is 4.39 Å². The molecule has 0 amide bonds. The molecule has 0 saturated carbocycles. The predicted molar refractivity (Wildman–Crippen MR) is 36.9 cm³/mol. The maximum atomic E-state index is 12.2. The van der Waals surface area contributed by atoms with Crippen molar-refractivity contribution in [3.63, 3.8) is 0 Å². The zero-order valence-electron chi connectivity index (χ0n) is 7.39. The third kappa shape index (κ3) is 2.82. The second kappa shape index (κ2) is 4.89. The van der Waals surface area contributed by atoms with Crippen LogP contribution in [0, 0.1) is 5.82 Å². The van der Waals surface area contributed by atoms with Gasteiger partial charge in [-0.05, 0) is 24.1 Å². The van der Waals surface area contributed by atoms with E-state index in [1.54, 1.807) is 12.1 Å². The standard InChI is InChI=1S/C8H9F.Na.H/c1-2-7-3-5-8(9)6-4-7;;/h3-6H,2H2,1H3;;/q;+1;-1. The average molecular weight is 148 g/mol. The van der Waals surface area contributed by atoms with Crippen molar-refractivity contribution in [3.8, 4) is 0 Å². The molecular formula is C8H10FNa. The van der Waals surface area contributed by atoms with Crippen LogP contribution in [-0.4, -0.2) is 0 Å². The average Bonchev–Trinajstić information content (AvgIpc) is 1.90. The number of rotatable bonds is 1. The Kier molecular flexibility index (Phi) is 4.96. The molecule has 0 aliphatic rings. The SMILES string of the molecule is CCc1ccc(F)cc1.[H-].[Na+]. The molecule has 0 heterocycles. The van der Waals surface area contributed by atoms with E-state index in [0.717, 1.165) is 6.42 Å². The van der Waals surface area contributed by atoms with Gasteiger partial charge in [-0.2, -0.15) is 0 Å². The summed E-state index contributed by atoms with van der Waals surface area (Å²) in [6.07, 6.45) is 0.972. The summed E-state index contributed by atoms with van der Waals surface area (Å²) in [4.78, 5) is 0. The Morgan fingerprint density at radius 2 is 1.80 bits per heavy atom. The van der Waals surface area contributed by atoms with Gasteiger partial charge in [-0.3, -0.25) is 0 Å². The number of halogens is 1. The van der Waals surface area contributed by atoms with Crippen molar-refractivity contribution in [1.82, 2.24) is 0 Å². The summed E-state index contributed by atoms with van der Waals surface area (Å²) < 4.78 is 12.2. The minimum Gasteiger partial charge on any atom is -1.00 e. The van der Waals surface area contributed by atoms with Gasteiger partial charge in [0, 0.05) is 0 Å². The Balaban J connectivity index is 0. The summed E-state index contributed by atoms with van der Waals surface area (Å²) in [5.74, 6) is -0.160. The van der Waals surface area contributed by atoms with Crippen LogP contribution in [0.4, 0.5) is 4.39 Å². The molecule has 0 atom stereocenters. The van der Waals surface area contributed by atoms with E-state index in [2.05, 4.69) is 0 Å². The van der Waals surface area contributed by atoms with Crippen LogP contribution in [0.3, 0.4) is 0 Å². The van der Waals surface area contributed by atoms with Gasteiger partial charge >= 0.3 is 29.6 Å². The molecule has 0 radical (unpaired) electrons. The van der Waals surface area contributed by atoms with Gasteiger partial charge in [-0.15, -0.1) is 0 Å². The van der Waals surface area contributed by atoms with Crippen molar-refractivity contribution in [2.45, 2.75) is 13.3 Å². The summed E-state index contributed by atoms with van der Waals surface area (Å²) in [5.41, 5.74) is 1.18. The molecule has 0 aliphatic carbocycles. The van der Waals surface area contributed by atoms with Crippen molar-refractivity contribution < 1.29 is 35.4 Å². The quantitative estimate of drug-likeness (QED) is 0.471. The molecule has 1 aromatic rings. The number of hydrogen-bond acceptors (Lipinski definition) is 0. The number of hydrogen-bond donors (Lipinski definition) is 0. The fourth-order valence-electron chi connectivity index (χ4n) is 0.720. The van der Waals surface area contributed by atoms with Crippen LogP contribution in [-0.2, 0) is 6.42 Å². The molecule has 2 heteroatoms. The second-order valence-electron chi connectivity index (χ2n) is 1.98. The van der Waals surface area contributed by atoms with E-state index in [1.807, 2.05) is 6.92 Å². The van der Waals surface area contributed by atoms with Gasteiger partial charge in [-0.1, -0.05) is 19.1 Å². The predicted octanol–water partition coefficient (Wildman–Crippen LogP) is -0.495. The Morgan fingerprint density at radius 3 is 2.20 bits per heavy atom. The smallest absolute Gasteiger partial charge is 1.00 e. The summed E-state index contributed by atoms with van der Waals surface area (Å²) in [5, 5.41) is 0. The molecule has 50 valence electrons. The van der Waals surface area contributed by atoms with Gasteiger partial charge in [0.15, 0.2) is 0 Å². The minimum absolute atomic E-state index is 0. The molecule has 1 rings (SSSR count). The molecule has 0 N–H and O–H groups in total. The van der Waals surface area contributed by atoms with Gasteiger partial charge < -0.3 is 1.43 Å². The molecular weight excluding hydrogens is 138 g/mol. The Hall–Kier alpha value is 0.150. The van der Waals surface area contributed by atoms with Crippen molar-refractivity contribution in [3.05, 3.63) is 35.6 Å². The Morgan fingerprint density at radius 1 is 1.30 bits per heavy atom. The van der Waals surface area contributed by atoms with Crippen molar-refractivity contribution in [2.24, 2.45) is 0 Å². The first kappa shape index (κ1) is 10.2. The minimum atomic E-state index is -0.160. The zero-order chi connectivity index (χ0) is 6.69. The first-order valence-corrected chi connectivity index (χ1v) is 3.07. The van der Waals surface area contributed by atoms with E-state index in [1.165, 1.54) is 17.7 Å². The molecule has 0 fully saturated rings. The molecule has 0 spiro atoms. The van der Waals surface area contributed by atoms with E-state index in [0.29, 0.717) is 0 Å². The first-order chi connectivity index (χ1) is 4.33. The van der Waals surface area contributed by atoms with Crippen LogP contribution in [0.25, 0.3) is 0 Å². The summed E-state index contributed by atoms with van der Waals surface area (Å²) >= 11 is 0. The van der Waals surface area contributed by atoms with Crippen molar-refractivity contribution in [2.75, 3.05) is 0 Å². The van der Waals surface area contributed by atoms with E-state index in [-0.39, 0.29) is 36.8 Å². The number of benzene rings is 1. The monoisotopic (exact) mass is 148 g/mol. The fourth-order valence-corrected chi connectivity index (χ4v) is 0.720. The van der Waals surface area contributed by atoms with Crippen LogP contribution in [0.5, 0.6) is 0 Å². The molecule has 10 heavy (non-hydrogen) atoms. The summed E-state index contributed by atoms with van der Waals surface area (Å²) in [6, 6.07) is 6.57. The second-order valence-corrected chi connectivity index (χ2v) is 1.98. The third-order valence-corrected chi connectivity index (χ3v) is 1.32. The van der Waals surface area contributed by atoms with Gasteiger partial charge in [0.05, 0.1) is 0 Å². The largest absolute Gasteiger partial charge is 1.00 e. The summed E-state index contributed by atoms with van der Waals surface area (Å²) in [7, 11) is 0. The number of aryl methyl sites for hydroxylation is 1. The van der Waals surface area contributed by atoms with Crippen LogP contribution in [0.2, 0.25) is 0 Å². The molecule has 0 bridgehead atoms. The van der Waals surface area contributed by atoms with Gasteiger partial charge in [0.25, 0.3) is 0 Å². The van der Waals surface area contributed by atoms with Crippen molar-refractivity contribution >= 4 is 0 Å². The van der Waals surface area contributed by atoms with Gasteiger partial charge in [0.1, 0.15) is 5.82 Å². The van der Waals surface area contributed by atoms with E-state index < -0.39 is 0 Å². The maximum absolute atomic E-state index is 12.2. The van der Waals surface area contributed by atoms with Gasteiger partial charge in [0.2, 0.25) is 0 Å². The fraction of sp³-hybridized carbons (Fsp3) is 0.250. The molecule has 0 nitrogen and oxygen atoms in total. The zero-order valence-corrected chi connectivity index (χ0v) is 8.39. The maximum Gasteiger partial charge on any atom is 1.00 e. The third-order valence-electron chi connectivity index (χ3n) is 1.32. The Labute approximate surface area is 84.2 Å². The normalized spacial score (nSPS) is 8.60. The first-order valence-electron chi connectivity index (χ1n) is 3.07. The van der Waals surface area contributed by atoms with Crippen LogP contribution in [0.1, 0.15) is 13.9 Å².